The van der Waals surface area contributed by atoms with Gasteiger partial charge in [0.05, 0.1) is 6.54 Å². The Labute approximate surface area is 152 Å². The quantitative estimate of drug-likeness (QED) is 0.540. The third-order valence-corrected chi connectivity index (χ3v) is 7.00. The van der Waals surface area contributed by atoms with Gasteiger partial charge in [-0.05, 0) is 25.0 Å². The van der Waals surface area contributed by atoms with Crippen LogP contribution in [-0.2, 0) is 30.7 Å². The maximum absolute atomic E-state index is 14.7. The average molecular weight is 406 g/mol. The molecule has 1 fully saturated rings. The molecule has 11 heteroatoms. The van der Waals surface area contributed by atoms with E-state index in [9.17, 15) is 22.0 Å². The molecule has 0 unspecified atom stereocenters. The van der Waals surface area contributed by atoms with Gasteiger partial charge in [0.1, 0.15) is 29.0 Å². The van der Waals surface area contributed by atoms with Crippen LogP contribution in [0.5, 0.6) is 0 Å². The highest BCUT2D eigenvalue weighted by Gasteiger charge is 2.71. The van der Waals surface area contributed by atoms with Crippen LogP contribution in [0.1, 0.15) is 25.3 Å². The van der Waals surface area contributed by atoms with E-state index in [1.165, 1.54) is 17.3 Å². The number of benzene rings is 1. The summed E-state index contributed by atoms with van der Waals surface area (Å²) in [6.07, 6.45) is 2.53. The molecule has 1 aromatic heterocycles. The first-order valence-electron chi connectivity index (χ1n) is 7.53. The highest BCUT2D eigenvalue weighted by Crippen LogP contribution is 2.60. The van der Waals surface area contributed by atoms with Gasteiger partial charge in [0.2, 0.25) is 9.05 Å². The molecule has 1 aliphatic carbocycles. The zero-order valence-corrected chi connectivity index (χ0v) is 15.1. The molecule has 7 nitrogen and oxygen atoms in total. The summed E-state index contributed by atoms with van der Waals surface area (Å²) >= 11 is 0. The fourth-order valence-corrected chi connectivity index (χ4v) is 5.25. The Morgan fingerprint density at radius 3 is 2.58 bits per heavy atom. The Kier molecular flexibility index (Phi) is 4.51. The summed E-state index contributed by atoms with van der Waals surface area (Å²) in [6, 6.07) is 2.59. The number of ether oxygens (including phenoxy) is 1. The topological polar surface area (TPSA) is 91.2 Å². The van der Waals surface area contributed by atoms with Crippen molar-refractivity contribution in [2.75, 3.05) is 0 Å². The number of nitrogens with zero attached hydrogens (tertiary/aromatic N) is 3. The minimum Gasteiger partial charge on any atom is -0.450 e. The fourth-order valence-electron chi connectivity index (χ4n) is 3.22. The number of carbonyl (C=O) groups is 1. The molecular weight excluding hydrogens is 392 g/mol. The predicted octanol–water partition coefficient (Wildman–Crippen LogP) is 2.12. The van der Waals surface area contributed by atoms with Gasteiger partial charge >= 0.3 is 5.97 Å². The van der Waals surface area contributed by atoms with Gasteiger partial charge in [-0.2, -0.15) is 5.10 Å². The summed E-state index contributed by atoms with van der Waals surface area (Å²) in [5.41, 5.74) is -2.34. The maximum Gasteiger partial charge on any atom is 0.303 e. The molecule has 1 saturated carbocycles. The minimum atomic E-state index is -4.30. The van der Waals surface area contributed by atoms with Crippen LogP contribution in [-0.4, -0.2) is 33.9 Å². The molecule has 0 radical (unpaired) electrons. The molecule has 1 heterocycles. The molecule has 0 bridgehead atoms. The number of hydrogen-bond acceptors (Lipinski definition) is 6. The van der Waals surface area contributed by atoms with Crippen molar-refractivity contribution in [2.45, 2.75) is 36.7 Å². The van der Waals surface area contributed by atoms with Gasteiger partial charge in [0.25, 0.3) is 0 Å². The van der Waals surface area contributed by atoms with Gasteiger partial charge in [0.15, 0.2) is 5.60 Å². The van der Waals surface area contributed by atoms with Gasteiger partial charge in [-0.25, -0.2) is 26.9 Å². The molecule has 0 saturated heterocycles. The Bertz CT molecular complexity index is 948. The van der Waals surface area contributed by atoms with Crippen LogP contribution in [0.3, 0.4) is 0 Å². The lowest BCUT2D eigenvalue weighted by molar-refractivity contribution is -0.162. The van der Waals surface area contributed by atoms with E-state index < -0.39 is 37.0 Å². The Morgan fingerprint density at radius 2 is 2.12 bits per heavy atom. The van der Waals surface area contributed by atoms with Crippen LogP contribution >= 0.6 is 10.7 Å². The summed E-state index contributed by atoms with van der Waals surface area (Å²) in [5.74, 6) is -2.76. The molecule has 0 amide bonds. The third-order valence-electron chi connectivity index (χ3n) is 4.44. The molecule has 140 valence electrons. The number of halogens is 3. The number of aromatic nitrogens is 3. The number of carbonyl (C=O) groups excluding carboxylic acids is 1. The summed E-state index contributed by atoms with van der Waals surface area (Å²) in [6.45, 7) is 0.704. The highest BCUT2D eigenvalue weighted by molar-refractivity contribution is 8.15. The molecule has 2 aromatic rings. The smallest absolute Gasteiger partial charge is 0.303 e. The molecule has 0 spiro atoms. The minimum absolute atomic E-state index is 0.0393. The first kappa shape index (κ1) is 18.7. The van der Waals surface area contributed by atoms with Crippen LogP contribution in [0.4, 0.5) is 8.78 Å². The van der Waals surface area contributed by atoms with Crippen molar-refractivity contribution in [1.29, 1.82) is 0 Å². The van der Waals surface area contributed by atoms with Crippen molar-refractivity contribution in [2.24, 2.45) is 0 Å². The normalized spacial score (nSPS) is 18.2. The molecule has 26 heavy (non-hydrogen) atoms. The number of rotatable bonds is 6. The monoisotopic (exact) mass is 405 g/mol. The molecule has 3 rings (SSSR count). The zero-order valence-electron chi connectivity index (χ0n) is 13.5. The van der Waals surface area contributed by atoms with Crippen molar-refractivity contribution < 1.29 is 26.7 Å². The molecular formula is C15H14ClF2N3O4S. The largest absolute Gasteiger partial charge is 0.450 e. The summed E-state index contributed by atoms with van der Waals surface area (Å²) < 4.78 is 57.6. The van der Waals surface area contributed by atoms with E-state index >= 15 is 0 Å². The molecule has 1 atom stereocenters. The number of esters is 1. The lowest BCUT2D eigenvalue weighted by Crippen LogP contribution is -2.52. The van der Waals surface area contributed by atoms with Crippen LogP contribution in [0.2, 0.25) is 0 Å². The summed E-state index contributed by atoms with van der Waals surface area (Å²) in [4.78, 5) is 15.6. The van der Waals surface area contributed by atoms with E-state index in [0.717, 1.165) is 19.1 Å². The van der Waals surface area contributed by atoms with Gasteiger partial charge in [0, 0.05) is 29.2 Å². The first-order chi connectivity index (χ1) is 12.1. The van der Waals surface area contributed by atoms with Crippen molar-refractivity contribution in [1.82, 2.24) is 14.8 Å². The van der Waals surface area contributed by atoms with E-state index in [2.05, 4.69) is 10.1 Å². The maximum atomic E-state index is 14.7. The van der Waals surface area contributed by atoms with E-state index in [0.29, 0.717) is 6.07 Å². The molecule has 0 N–H and O–H groups in total. The van der Waals surface area contributed by atoms with Gasteiger partial charge in [-0.15, -0.1) is 0 Å². The van der Waals surface area contributed by atoms with Crippen molar-refractivity contribution in [3.8, 4) is 0 Å². The average Bonchev–Trinajstić information content (AvgIpc) is 3.20. The van der Waals surface area contributed by atoms with Crippen LogP contribution in [0.25, 0.3) is 0 Å². The van der Waals surface area contributed by atoms with Gasteiger partial charge < -0.3 is 4.74 Å². The fraction of sp³-hybridized carbons (Fsp3) is 0.400. The SMILES string of the molecule is CC(=O)O[C@@](Cn1cncn1)(c1ccc(F)cc1F)C1(S(=O)(=O)Cl)CC1. The van der Waals surface area contributed by atoms with Crippen LogP contribution < -0.4 is 0 Å². The van der Waals surface area contributed by atoms with Crippen LogP contribution in [0.15, 0.2) is 30.9 Å². The Balaban J connectivity index is 2.30. The van der Waals surface area contributed by atoms with E-state index in [-0.39, 0.29) is 24.9 Å². The van der Waals surface area contributed by atoms with Gasteiger partial charge in [-0.1, -0.05) is 0 Å². The zero-order chi connectivity index (χ0) is 19.2. The van der Waals surface area contributed by atoms with E-state index in [1.54, 1.807) is 0 Å². The van der Waals surface area contributed by atoms with Crippen molar-refractivity contribution in [3.05, 3.63) is 48.1 Å². The van der Waals surface area contributed by atoms with Crippen molar-refractivity contribution >= 4 is 25.7 Å². The first-order valence-corrected chi connectivity index (χ1v) is 9.84. The molecule has 0 aliphatic heterocycles. The predicted molar refractivity (Wildman–Crippen MR) is 86.6 cm³/mol. The summed E-state index contributed by atoms with van der Waals surface area (Å²) in [7, 11) is 1.37. The van der Waals surface area contributed by atoms with Gasteiger partial charge in [-0.3, -0.25) is 4.79 Å². The lowest BCUT2D eigenvalue weighted by Gasteiger charge is -2.39. The highest BCUT2D eigenvalue weighted by atomic mass is 35.7. The summed E-state index contributed by atoms with van der Waals surface area (Å²) in [5, 5.41) is 3.88. The van der Waals surface area contributed by atoms with E-state index in [4.69, 9.17) is 15.4 Å². The lowest BCUT2D eigenvalue weighted by atomic mass is 9.87. The Morgan fingerprint density at radius 1 is 1.42 bits per heavy atom. The second kappa shape index (κ2) is 6.27. The Hall–Kier alpha value is -2.07. The van der Waals surface area contributed by atoms with Crippen LogP contribution in [0, 0.1) is 11.6 Å². The molecule has 1 aromatic carbocycles. The number of hydrogen-bond donors (Lipinski definition) is 0. The van der Waals surface area contributed by atoms with Crippen molar-refractivity contribution in [3.63, 3.8) is 0 Å². The molecule has 1 aliphatic rings. The third kappa shape index (κ3) is 2.96. The second-order valence-electron chi connectivity index (χ2n) is 6.07. The standard InChI is InChI=1S/C15H14ClF2N3O4S/c1-10(22)25-15(7-21-9-19-8-20-21,14(4-5-14)26(16,23)24)12-3-2-11(17)6-13(12)18/h2-3,6,8-9H,4-5,7H2,1H3/t15-/m0/s1. The second-order valence-corrected chi connectivity index (χ2v) is 8.95. The van der Waals surface area contributed by atoms with E-state index in [1.807, 2.05) is 0 Å².